The van der Waals surface area contributed by atoms with Gasteiger partial charge in [-0.15, -0.1) is 34.5 Å². The molecular weight excluding hydrogens is 377 g/mol. The Hall–Kier alpha value is -0.0900. The van der Waals surface area contributed by atoms with E-state index in [9.17, 15) is 0 Å². The van der Waals surface area contributed by atoms with Crippen LogP contribution < -0.4 is 0 Å². The lowest BCUT2D eigenvalue weighted by Gasteiger charge is -2.30. The Bertz CT molecular complexity index is 567. The molecule has 0 bridgehead atoms. The Morgan fingerprint density at radius 1 is 1.30 bits per heavy atom. The van der Waals surface area contributed by atoms with Crippen LogP contribution >= 0.6 is 50.5 Å². The second-order valence-electron chi connectivity index (χ2n) is 4.92. The van der Waals surface area contributed by atoms with Crippen LogP contribution in [0.15, 0.2) is 34.2 Å². The van der Waals surface area contributed by atoms with E-state index in [1.54, 1.807) is 11.3 Å². The fourth-order valence-corrected chi connectivity index (χ4v) is 4.25. The van der Waals surface area contributed by atoms with Crippen molar-refractivity contribution in [2.24, 2.45) is 0 Å². The van der Waals surface area contributed by atoms with Crippen LogP contribution in [0.2, 0.25) is 0 Å². The van der Waals surface area contributed by atoms with Gasteiger partial charge in [0, 0.05) is 26.5 Å². The van der Waals surface area contributed by atoms with Crippen LogP contribution in [0.25, 0.3) is 0 Å². The average Bonchev–Trinajstić information content (AvgIpc) is 2.86. The van der Waals surface area contributed by atoms with Crippen molar-refractivity contribution < 1.29 is 0 Å². The summed E-state index contributed by atoms with van der Waals surface area (Å²) in [7, 11) is 0. The number of hydrogen-bond acceptors (Lipinski definition) is 2. The average molecular weight is 393 g/mol. The van der Waals surface area contributed by atoms with Gasteiger partial charge in [-0.1, -0.05) is 28.1 Å². The number of aryl methyl sites for hydroxylation is 2. The van der Waals surface area contributed by atoms with E-state index in [-0.39, 0.29) is 5.41 Å². The van der Waals surface area contributed by atoms with E-state index < -0.39 is 0 Å². The van der Waals surface area contributed by atoms with Gasteiger partial charge < -0.3 is 0 Å². The van der Waals surface area contributed by atoms with Crippen LogP contribution in [-0.4, -0.2) is 16.7 Å². The van der Waals surface area contributed by atoms with Gasteiger partial charge in [0.15, 0.2) is 0 Å². The molecule has 1 nitrogen and oxygen atoms in total. The minimum Gasteiger partial charge on any atom is -0.250 e. The first-order chi connectivity index (χ1) is 9.61. The number of alkyl halides is 2. The number of aromatic nitrogens is 1. The molecule has 2 aromatic rings. The summed E-state index contributed by atoms with van der Waals surface area (Å²) in [6, 6.07) is 8.27. The first kappa shape index (κ1) is 16.3. The lowest BCUT2D eigenvalue weighted by Crippen LogP contribution is -2.31. The zero-order valence-electron chi connectivity index (χ0n) is 11.2. The number of nitrogens with zero attached hydrogens (tertiary/aromatic N) is 1. The van der Waals surface area contributed by atoms with E-state index >= 15 is 0 Å². The zero-order valence-corrected chi connectivity index (χ0v) is 15.1. The first-order valence-corrected chi connectivity index (χ1v) is 9.12. The quantitative estimate of drug-likeness (QED) is 0.586. The van der Waals surface area contributed by atoms with E-state index in [0.29, 0.717) is 11.8 Å². The molecule has 1 heterocycles. The summed E-state index contributed by atoms with van der Waals surface area (Å²) < 4.78 is 1.06. The van der Waals surface area contributed by atoms with Crippen molar-refractivity contribution in [2.75, 3.05) is 11.8 Å². The molecule has 0 saturated carbocycles. The fraction of sp³-hybridized carbons (Fsp3) is 0.400. The van der Waals surface area contributed by atoms with Gasteiger partial charge in [-0.25, -0.2) is 4.98 Å². The molecule has 0 amide bonds. The molecule has 0 aliphatic heterocycles. The molecule has 0 atom stereocenters. The number of hydrogen-bond donors (Lipinski definition) is 0. The van der Waals surface area contributed by atoms with Gasteiger partial charge >= 0.3 is 0 Å². The van der Waals surface area contributed by atoms with E-state index in [1.807, 2.05) is 24.6 Å². The van der Waals surface area contributed by atoms with Crippen LogP contribution in [0.1, 0.15) is 22.6 Å². The van der Waals surface area contributed by atoms with Gasteiger partial charge in [0.05, 0.1) is 11.2 Å². The van der Waals surface area contributed by atoms with Crippen molar-refractivity contribution >= 4 is 50.5 Å². The molecule has 20 heavy (non-hydrogen) atoms. The summed E-state index contributed by atoms with van der Waals surface area (Å²) in [5.74, 6) is 1.04. The Kier molecular flexibility index (Phi) is 5.91. The van der Waals surface area contributed by atoms with Crippen LogP contribution in [0.3, 0.4) is 0 Å². The molecule has 108 valence electrons. The molecular formula is C15H16BrCl2NS. The largest absolute Gasteiger partial charge is 0.250 e. The van der Waals surface area contributed by atoms with Crippen LogP contribution in [0, 0.1) is 6.92 Å². The maximum absolute atomic E-state index is 6.28. The van der Waals surface area contributed by atoms with Gasteiger partial charge in [-0.2, -0.15) is 0 Å². The van der Waals surface area contributed by atoms with Crippen molar-refractivity contribution in [1.29, 1.82) is 0 Å². The van der Waals surface area contributed by atoms with Crippen LogP contribution in [0.4, 0.5) is 0 Å². The highest BCUT2D eigenvalue weighted by Gasteiger charge is 2.31. The van der Waals surface area contributed by atoms with Crippen molar-refractivity contribution in [3.63, 3.8) is 0 Å². The lowest BCUT2D eigenvalue weighted by atomic mass is 9.80. The molecule has 0 radical (unpaired) electrons. The van der Waals surface area contributed by atoms with E-state index in [4.69, 9.17) is 23.2 Å². The monoisotopic (exact) mass is 391 g/mol. The number of thiazole rings is 1. The number of halogens is 3. The normalized spacial score (nSPS) is 11.8. The molecule has 1 aromatic carbocycles. The van der Waals surface area contributed by atoms with E-state index in [2.05, 4.69) is 33.0 Å². The predicted molar refractivity (Wildman–Crippen MR) is 92.4 cm³/mol. The van der Waals surface area contributed by atoms with Gasteiger partial charge in [0.25, 0.3) is 0 Å². The Morgan fingerprint density at radius 2 is 2.05 bits per heavy atom. The Morgan fingerprint density at radius 3 is 2.60 bits per heavy atom. The molecule has 0 fully saturated rings. The highest BCUT2D eigenvalue weighted by Crippen LogP contribution is 2.34. The molecule has 0 aliphatic rings. The second-order valence-corrected chi connectivity index (χ2v) is 7.31. The SMILES string of the molecule is Cc1ncsc1CCC(CCl)(CCl)c1cccc(Br)c1. The predicted octanol–water partition coefficient (Wildman–Crippen LogP) is 5.56. The van der Waals surface area contributed by atoms with Crippen molar-refractivity contribution in [3.8, 4) is 0 Å². The van der Waals surface area contributed by atoms with Crippen molar-refractivity contribution in [2.45, 2.75) is 25.2 Å². The fourth-order valence-electron chi connectivity index (χ4n) is 2.21. The summed E-state index contributed by atoms with van der Waals surface area (Å²) in [6.07, 6.45) is 1.89. The topological polar surface area (TPSA) is 12.9 Å². The zero-order chi connectivity index (χ0) is 14.6. The van der Waals surface area contributed by atoms with Gasteiger partial charge in [-0.3, -0.25) is 0 Å². The molecule has 2 rings (SSSR count). The summed E-state index contributed by atoms with van der Waals surface area (Å²) >= 11 is 17.8. The third kappa shape index (κ3) is 3.56. The Labute approximate surface area is 142 Å². The molecule has 0 saturated heterocycles. The highest BCUT2D eigenvalue weighted by atomic mass is 79.9. The third-order valence-electron chi connectivity index (χ3n) is 3.62. The maximum atomic E-state index is 6.28. The highest BCUT2D eigenvalue weighted by molar-refractivity contribution is 9.10. The summed E-state index contributed by atoms with van der Waals surface area (Å²) in [5, 5.41) is 0. The van der Waals surface area contributed by atoms with Crippen molar-refractivity contribution in [3.05, 3.63) is 50.4 Å². The molecule has 0 N–H and O–H groups in total. The molecule has 0 spiro atoms. The van der Waals surface area contributed by atoms with Crippen LogP contribution in [0.5, 0.6) is 0 Å². The number of rotatable bonds is 6. The second kappa shape index (κ2) is 7.26. The van der Waals surface area contributed by atoms with Gasteiger partial charge in [0.1, 0.15) is 0 Å². The van der Waals surface area contributed by atoms with E-state index in [1.165, 1.54) is 10.4 Å². The first-order valence-electron chi connectivity index (χ1n) is 6.38. The smallest absolute Gasteiger partial charge is 0.0797 e. The molecule has 5 heteroatoms. The maximum Gasteiger partial charge on any atom is 0.0797 e. The minimum atomic E-state index is -0.191. The molecule has 0 aliphatic carbocycles. The van der Waals surface area contributed by atoms with Gasteiger partial charge in [0.2, 0.25) is 0 Å². The summed E-state index contributed by atoms with van der Waals surface area (Å²) in [4.78, 5) is 5.62. The minimum absolute atomic E-state index is 0.191. The lowest BCUT2D eigenvalue weighted by molar-refractivity contribution is 0.493. The summed E-state index contributed by atoms with van der Waals surface area (Å²) in [5.41, 5.74) is 4.01. The third-order valence-corrected chi connectivity index (χ3v) is 6.14. The van der Waals surface area contributed by atoms with Gasteiger partial charge in [-0.05, 0) is 37.5 Å². The van der Waals surface area contributed by atoms with Crippen molar-refractivity contribution in [1.82, 2.24) is 4.98 Å². The standard InChI is InChI=1S/C15H16BrCl2NS/c1-11-14(20-10-19-11)5-6-15(8-17,9-18)12-3-2-4-13(16)7-12/h2-4,7,10H,5-6,8-9H2,1H3. The molecule has 0 unspecified atom stereocenters. The number of benzene rings is 1. The summed E-state index contributed by atoms with van der Waals surface area (Å²) in [6.45, 7) is 2.05. The Balaban J connectivity index is 2.23. The van der Waals surface area contributed by atoms with E-state index in [0.717, 1.165) is 23.0 Å². The molecule has 1 aromatic heterocycles. The van der Waals surface area contributed by atoms with Crippen LogP contribution in [-0.2, 0) is 11.8 Å².